The van der Waals surface area contributed by atoms with Gasteiger partial charge in [-0.2, -0.15) is 0 Å². The molecule has 0 amide bonds. The third-order valence-electron chi connectivity index (χ3n) is 2.80. The molecular weight excluding hydrogens is 204 g/mol. The zero-order chi connectivity index (χ0) is 12.3. The predicted molar refractivity (Wildman–Crippen MR) is 59.7 cm³/mol. The molecule has 0 spiro atoms. The number of hydrogen-bond acceptors (Lipinski definition) is 3. The highest BCUT2D eigenvalue weighted by atomic mass is 16.5. The second kappa shape index (κ2) is 5.12. The predicted octanol–water partition coefficient (Wildman–Crippen LogP) is 2.06. The van der Waals surface area contributed by atoms with Crippen molar-refractivity contribution in [2.45, 2.75) is 25.4 Å². The van der Waals surface area contributed by atoms with E-state index in [1.807, 2.05) is 18.2 Å². The van der Waals surface area contributed by atoms with Crippen LogP contribution in [0.15, 0.2) is 30.3 Å². The Kier molecular flexibility index (Phi) is 3.15. The summed E-state index contributed by atoms with van der Waals surface area (Å²) in [7, 11) is 0. The first kappa shape index (κ1) is 9.85. The van der Waals surface area contributed by atoms with Crippen LogP contribution in [0.3, 0.4) is 0 Å². The lowest BCUT2D eigenvalue weighted by atomic mass is 9.86. The Morgan fingerprint density at radius 1 is 1.50 bits per heavy atom. The van der Waals surface area contributed by atoms with E-state index in [1.54, 1.807) is 12.1 Å². The summed E-state index contributed by atoms with van der Waals surface area (Å²) < 4.78 is 12.7. The number of esters is 1. The van der Waals surface area contributed by atoms with Crippen molar-refractivity contribution in [3.05, 3.63) is 35.9 Å². The van der Waals surface area contributed by atoms with E-state index in [-0.39, 0.29) is 6.61 Å². The van der Waals surface area contributed by atoms with Crippen LogP contribution < -0.4 is 0 Å². The molecule has 1 aromatic rings. The van der Waals surface area contributed by atoms with E-state index in [0.29, 0.717) is 18.4 Å². The van der Waals surface area contributed by atoms with Crippen molar-refractivity contribution < 1.29 is 16.0 Å². The molecule has 1 fully saturated rings. The summed E-state index contributed by atoms with van der Waals surface area (Å²) >= 11 is 0. The van der Waals surface area contributed by atoms with Gasteiger partial charge in [0.2, 0.25) is 0 Å². The molecule has 0 aromatic heterocycles. The molecule has 1 atom stereocenters. The maximum absolute atomic E-state index is 11.6. The maximum atomic E-state index is 11.6. The molecule has 0 radical (unpaired) electrons. The average molecular weight is 221 g/mol. The van der Waals surface area contributed by atoms with E-state index in [9.17, 15) is 9.90 Å². The van der Waals surface area contributed by atoms with Gasteiger partial charge in [-0.15, -0.1) is 0 Å². The zero-order valence-corrected chi connectivity index (χ0v) is 9.06. The number of hydrogen-bond donors (Lipinski definition) is 1. The highest BCUT2D eigenvalue weighted by Crippen LogP contribution is 2.27. The van der Waals surface area contributed by atoms with Gasteiger partial charge in [0.25, 0.3) is 0 Å². The second-order valence-corrected chi connectivity index (χ2v) is 3.98. The van der Waals surface area contributed by atoms with Crippen LogP contribution in [0.4, 0.5) is 0 Å². The van der Waals surface area contributed by atoms with E-state index < -0.39 is 18.0 Å². The summed E-state index contributed by atoms with van der Waals surface area (Å²) in [5.41, 5.74) is 0.716. The summed E-state index contributed by atoms with van der Waals surface area (Å²) in [6.45, 7) is -0.0799. The molecule has 86 valence electrons. The van der Waals surface area contributed by atoms with Gasteiger partial charge in [-0.1, -0.05) is 36.8 Å². The first-order valence-electron chi connectivity index (χ1n) is 6.02. The summed E-state index contributed by atoms with van der Waals surface area (Å²) in [5, 5.41) is 9.79. The van der Waals surface area contributed by atoms with Gasteiger partial charge < -0.3 is 9.84 Å². The zero-order valence-electron chi connectivity index (χ0n) is 10.1. The van der Waals surface area contributed by atoms with Gasteiger partial charge in [0.1, 0.15) is 12.7 Å². The minimum Gasteiger partial charge on any atom is -0.462 e. The van der Waals surface area contributed by atoms with Crippen LogP contribution in [-0.2, 0) is 9.53 Å². The highest BCUT2D eigenvalue weighted by Gasteiger charge is 2.27. The van der Waals surface area contributed by atoms with Gasteiger partial charge in [0.15, 0.2) is 0 Å². The van der Waals surface area contributed by atoms with Gasteiger partial charge in [0.05, 0.1) is 5.89 Å². The van der Waals surface area contributed by atoms with E-state index >= 15 is 0 Å². The molecule has 0 heterocycles. The van der Waals surface area contributed by atoms with Crippen LogP contribution in [0.25, 0.3) is 0 Å². The van der Waals surface area contributed by atoms with Crippen molar-refractivity contribution in [1.29, 1.82) is 0 Å². The van der Waals surface area contributed by atoms with E-state index in [0.717, 1.165) is 6.42 Å². The molecule has 3 heteroatoms. The third kappa shape index (κ3) is 2.61. The third-order valence-corrected chi connectivity index (χ3v) is 2.80. The monoisotopic (exact) mass is 221 g/mol. The Labute approximate surface area is 96.5 Å². The lowest BCUT2D eigenvalue weighted by Crippen LogP contribution is -2.25. The van der Waals surface area contributed by atoms with Gasteiger partial charge in [-0.3, -0.25) is 4.79 Å². The molecule has 1 unspecified atom stereocenters. The Balaban J connectivity index is 1.84. The summed E-state index contributed by atoms with van der Waals surface area (Å²) in [6, 6.07) is 9.04. The first-order chi connectivity index (χ1) is 8.12. The van der Waals surface area contributed by atoms with Crippen LogP contribution in [0.2, 0.25) is 0 Å². The van der Waals surface area contributed by atoms with Gasteiger partial charge in [-0.25, -0.2) is 0 Å². The van der Waals surface area contributed by atoms with Gasteiger partial charge in [0, 0.05) is 1.37 Å². The Hall–Kier alpha value is -1.35. The fourth-order valence-electron chi connectivity index (χ4n) is 1.59. The van der Waals surface area contributed by atoms with Gasteiger partial charge >= 0.3 is 5.97 Å². The topological polar surface area (TPSA) is 46.5 Å². The smallest absolute Gasteiger partial charge is 0.309 e. The summed E-state index contributed by atoms with van der Waals surface area (Å²) in [6.07, 6.45) is 1.21. The number of rotatable bonds is 4. The average Bonchev–Trinajstić information content (AvgIpc) is 2.33. The molecule has 1 aromatic carbocycles. The molecule has 1 aliphatic carbocycles. The molecule has 16 heavy (non-hydrogen) atoms. The van der Waals surface area contributed by atoms with Crippen molar-refractivity contribution in [3.63, 3.8) is 0 Å². The standard InChI is InChI=1S/C13H16O3/c14-12(10-5-2-1-3-6-10)9-16-13(15)11-7-4-8-11/h1-3,5-6,11-12,14H,4,7-9H2/i11D. The lowest BCUT2D eigenvalue weighted by Gasteiger charge is -2.23. The highest BCUT2D eigenvalue weighted by molar-refractivity contribution is 5.73. The maximum Gasteiger partial charge on any atom is 0.309 e. The summed E-state index contributed by atoms with van der Waals surface area (Å²) in [4.78, 5) is 11.6. The van der Waals surface area contributed by atoms with Crippen molar-refractivity contribution in [3.8, 4) is 0 Å². The number of carbonyl (C=O) groups excluding carboxylic acids is 1. The van der Waals surface area contributed by atoms with Crippen LogP contribution >= 0.6 is 0 Å². The number of aliphatic hydroxyl groups is 1. The Morgan fingerprint density at radius 2 is 2.19 bits per heavy atom. The minimum absolute atomic E-state index is 0.0799. The SMILES string of the molecule is [2H]C1(C(=O)OCC(O)c2ccccc2)CCC1. The largest absolute Gasteiger partial charge is 0.462 e. The van der Waals surface area contributed by atoms with E-state index in [2.05, 4.69) is 0 Å². The quantitative estimate of drug-likeness (QED) is 0.792. The molecule has 1 aliphatic rings. The second-order valence-electron chi connectivity index (χ2n) is 3.98. The van der Waals surface area contributed by atoms with E-state index in [1.165, 1.54) is 0 Å². The van der Waals surface area contributed by atoms with Crippen molar-refractivity contribution >= 4 is 5.97 Å². The van der Waals surface area contributed by atoms with Crippen LogP contribution in [0, 0.1) is 5.89 Å². The number of carbonyl (C=O) groups is 1. The fourth-order valence-corrected chi connectivity index (χ4v) is 1.59. The van der Waals surface area contributed by atoms with Crippen molar-refractivity contribution in [1.82, 2.24) is 0 Å². The number of ether oxygens (including phenoxy) is 1. The summed E-state index contributed by atoms with van der Waals surface area (Å²) in [5.74, 6) is -1.57. The molecule has 2 rings (SSSR count). The number of benzene rings is 1. The van der Waals surface area contributed by atoms with E-state index in [4.69, 9.17) is 6.11 Å². The van der Waals surface area contributed by atoms with Crippen molar-refractivity contribution in [2.75, 3.05) is 6.61 Å². The first-order valence-corrected chi connectivity index (χ1v) is 5.52. The minimum atomic E-state index is -1.06. The van der Waals surface area contributed by atoms with Crippen LogP contribution in [-0.4, -0.2) is 17.7 Å². The Morgan fingerprint density at radius 3 is 2.75 bits per heavy atom. The molecule has 1 N–H and O–H groups in total. The molecule has 1 saturated carbocycles. The van der Waals surface area contributed by atoms with Crippen LogP contribution in [0.5, 0.6) is 0 Å². The Bertz CT molecular complexity index is 387. The van der Waals surface area contributed by atoms with Crippen LogP contribution in [0.1, 0.15) is 32.3 Å². The lowest BCUT2D eigenvalue weighted by molar-refractivity contribution is -0.154. The molecule has 0 bridgehead atoms. The normalized spacial score (nSPS) is 20.4. The number of aliphatic hydroxyl groups excluding tert-OH is 1. The molecular formula is C13H16O3. The fraction of sp³-hybridized carbons (Fsp3) is 0.462. The molecule has 0 saturated heterocycles. The molecule has 0 aliphatic heterocycles. The van der Waals surface area contributed by atoms with Crippen molar-refractivity contribution in [2.24, 2.45) is 5.89 Å². The molecule has 3 nitrogen and oxygen atoms in total. The van der Waals surface area contributed by atoms with Gasteiger partial charge in [-0.05, 0) is 18.4 Å².